The number of hydrogen-bond acceptors (Lipinski definition) is 6. The maximum absolute atomic E-state index is 12.8. The van der Waals surface area contributed by atoms with Gasteiger partial charge in [0.1, 0.15) is 11.8 Å². The van der Waals surface area contributed by atoms with Gasteiger partial charge >= 0.3 is 0 Å². The van der Waals surface area contributed by atoms with Crippen molar-refractivity contribution in [2.45, 2.75) is 51.7 Å². The summed E-state index contributed by atoms with van der Waals surface area (Å²) in [4.78, 5) is 33.1. The van der Waals surface area contributed by atoms with Crippen LogP contribution in [-0.4, -0.2) is 72.0 Å². The van der Waals surface area contributed by atoms with Crippen molar-refractivity contribution < 1.29 is 14.3 Å². The molecule has 1 N–H and O–H groups in total. The molecule has 2 amide bonds. The van der Waals surface area contributed by atoms with E-state index < -0.39 is 0 Å². The zero-order valence-corrected chi connectivity index (χ0v) is 17.3. The lowest BCUT2D eigenvalue weighted by atomic mass is 9.86. The maximum atomic E-state index is 12.8. The van der Waals surface area contributed by atoms with Crippen LogP contribution >= 0.6 is 11.3 Å². The zero-order chi connectivity index (χ0) is 19.4. The van der Waals surface area contributed by atoms with Crippen LogP contribution in [0.3, 0.4) is 0 Å². The lowest BCUT2D eigenvalue weighted by Gasteiger charge is -2.39. The van der Waals surface area contributed by atoms with Gasteiger partial charge in [-0.05, 0) is 39.5 Å². The fourth-order valence-electron chi connectivity index (χ4n) is 3.83. The van der Waals surface area contributed by atoms with E-state index in [1.54, 1.807) is 12.4 Å². The Kier molecular flexibility index (Phi) is 6.70. The molecule has 1 aliphatic heterocycles. The molecular weight excluding hydrogens is 364 g/mol. The van der Waals surface area contributed by atoms with Gasteiger partial charge in [-0.25, -0.2) is 0 Å². The van der Waals surface area contributed by atoms with Crippen LogP contribution in [0.15, 0.2) is 5.38 Å². The summed E-state index contributed by atoms with van der Waals surface area (Å²) in [5, 5.41) is 4.80. The van der Waals surface area contributed by atoms with Gasteiger partial charge in [0.25, 0.3) is 11.1 Å². The second-order valence-corrected chi connectivity index (χ2v) is 8.44. The van der Waals surface area contributed by atoms with Crippen LogP contribution < -0.4 is 10.1 Å². The summed E-state index contributed by atoms with van der Waals surface area (Å²) in [7, 11) is 1.59. The summed E-state index contributed by atoms with van der Waals surface area (Å²) in [6, 6.07) is 0.546. The Morgan fingerprint density at radius 2 is 1.85 bits per heavy atom. The summed E-state index contributed by atoms with van der Waals surface area (Å²) < 4.78 is 5.94. The van der Waals surface area contributed by atoms with Gasteiger partial charge in [0.15, 0.2) is 0 Å². The van der Waals surface area contributed by atoms with Crippen LogP contribution in [0.5, 0.6) is 5.19 Å². The molecular formula is C19H30N4O3S. The lowest BCUT2D eigenvalue weighted by Crippen LogP contribution is -2.52. The standard InChI is InChI=1S/C19H30N4O3S/c1-13(2)22-8-10-23(11-9-22)18(25)14-4-6-15(7-5-14)26-19-21-16(12-27-19)17(24)20-3/h12-15H,4-11H2,1-3H3,(H,20,24). The number of hydrogen-bond donors (Lipinski definition) is 1. The molecule has 1 aromatic heterocycles. The molecule has 3 rings (SSSR count). The Hall–Kier alpha value is -1.67. The third kappa shape index (κ3) is 4.99. The van der Waals surface area contributed by atoms with Crippen LogP contribution in [0, 0.1) is 5.92 Å². The molecule has 1 saturated carbocycles. The molecule has 2 heterocycles. The fourth-order valence-corrected chi connectivity index (χ4v) is 4.55. The molecule has 0 aromatic carbocycles. The largest absolute Gasteiger partial charge is 0.467 e. The lowest BCUT2D eigenvalue weighted by molar-refractivity contribution is -0.139. The van der Waals surface area contributed by atoms with Crippen molar-refractivity contribution in [2.24, 2.45) is 5.92 Å². The SMILES string of the molecule is CNC(=O)c1csc(OC2CCC(C(=O)N3CCN(C(C)C)CC3)CC2)n1. The fraction of sp³-hybridized carbons (Fsp3) is 0.737. The van der Waals surface area contributed by atoms with Gasteiger partial charge in [-0.1, -0.05) is 11.3 Å². The first-order valence-electron chi connectivity index (χ1n) is 9.85. The van der Waals surface area contributed by atoms with Gasteiger partial charge in [0, 0.05) is 50.6 Å². The number of ether oxygens (including phenoxy) is 1. The number of carbonyl (C=O) groups is 2. The van der Waals surface area contributed by atoms with Crippen molar-refractivity contribution in [3.05, 3.63) is 11.1 Å². The van der Waals surface area contributed by atoms with Crippen molar-refractivity contribution in [1.82, 2.24) is 20.1 Å². The Labute approximate surface area is 165 Å². The summed E-state index contributed by atoms with van der Waals surface area (Å²) >= 11 is 1.35. The Morgan fingerprint density at radius 3 is 2.44 bits per heavy atom. The molecule has 0 bridgehead atoms. The normalized spacial score (nSPS) is 24.1. The average Bonchev–Trinajstić information content (AvgIpc) is 3.16. The minimum atomic E-state index is -0.201. The van der Waals surface area contributed by atoms with Crippen LogP contribution in [-0.2, 0) is 4.79 Å². The number of rotatable bonds is 5. The second kappa shape index (κ2) is 9.01. The monoisotopic (exact) mass is 394 g/mol. The molecule has 0 unspecified atom stereocenters. The molecule has 2 aliphatic rings. The van der Waals surface area contributed by atoms with Crippen molar-refractivity contribution in [3.63, 3.8) is 0 Å². The highest BCUT2D eigenvalue weighted by molar-refractivity contribution is 7.11. The van der Waals surface area contributed by atoms with Gasteiger partial charge in [0.2, 0.25) is 5.91 Å². The zero-order valence-electron chi connectivity index (χ0n) is 16.4. The molecule has 2 fully saturated rings. The van der Waals surface area contributed by atoms with E-state index in [4.69, 9.17) is 4.74 Å². The molecule has 1 aliphatic carbocycles. The van der Waals surface area contributed by atoms with Crippen molar-refractivity contribution in [1.29, 1.82) is 0 Å². The summed E-state index contributed by atoms with van der Waals surface area (Å²) in [5.74, 6) is 0.231. The third-order valence-corrected chi connectivity index (χ3v) is 6.32. The maximum Gasteiger partial charge on any atom is 0.274 e. The smallest absolute Gasteiger partial charge is 0.274 e. The van der Waals surface area contributed by atoms with Crippen LogP contribution in [0.1, 0.15) is 50.0 Å². The minimum absolute atomic E-state index is 0.0792. The van der Waals surface area contributed by atoms with E-state index in [1.165, 1.54) is 11.3 Å². The predicted molar refractivity (Wildman–Crippen MR) is 105 cm³/mol. The van der Waals surface area contributed by atoms with Crippen molar-refractivity contribution in [2.75, 3.05) is 33.2 Å². The number of piperazine rings is 1. The quantitative estimate of drug-likeness (QED) is 0.827. The minimum Gasteiger partial charge on any atom is -0.467 e. The molecule has 7 nitrogen and oxygen atoms in total. The van der Waals surface area contributed by atoms with Gasteiger partial charge in [-0.2, -0.15) is 4.98 Å². The highest BCUT2D eigenvalue weighted by Crippen LogP contribution is 2.30. The molecule has 8 heteroatoms. The molecule has 0 radical (unpaired) electrons. The van der Waals surface area contributed by atoms with E-state index in [9.17, 15) is 9.59 Å². The van der Waals surface area contributed by atoms with Gasteiger partial charge in [0.05, 0.1) is 0 Å². The second-order valence-electron chi connectivity index (χ2n) is 7.62. The number of amides is 2. The van der Waals surface area contributed by atoms with Gasteiger partial charge < -0.3 is 15.0 Å². The van der Waals surface area contributed by atoms with Gasteiger partial charge in [-0.15, -0.1) is 0 Å². The average molecular weight is 395 g/mol. The van der Waals surface area contributed by atoms with Crippen molar-refractivity contribution >= 4 is 23.2 Å². The Bertz CT molecular complexity index is 647. The molecule has 1 aromatic rings. The highest BCUT2D eigenvalue weighted by Gasteiger charge is 2.32. The number of aromatic nitrogens is 1. The molecule has 1 saturated heterocycles. The third-order valence-electron chi connectivity index (χ3n) is 5.59. The number of carbonyl (C=O) groups excluding carboxylic acids is 2. The van der Waals surface area contributed by atoms with Crippen LogP contribution in [0.2, 0.25) is 0 Å². The van der Waals surface area contributed by atoms with Crippen LogP contribution in [0.4, 0.5) is 0 Å². The number of nitrogens with one attached hydrogen (secondary N) is 1. The Balaban J connectivity index is 1.44. The van der Waals surface area contributed by atoms with E-state index >= 15 is 0 Å². The van der Waals surface area contributed by atoms with E-state index in [0.29, 0.717) is 22.8 Å². The first-order valence-corrected chi connectivity index (χ1v) is 10.7. The first kappa shape index (κ1) is 20.1. The topological polar surface area (TPSA) is 74.8 Å². The summed E-state index contributed by atoms with van der Waals surface area (Å²) in [6.07, 6.45) is 3.52. The van der Waals surface area contributed by atoms with Crippen molar-refractivity contribution in [3.8, 4) is 5.19 Å². The van der Waals surface area contributed by atoms with E-state index in [2.05, 4.69) is 29.0 Å². The predicted octanol–water partition coefficient (Wildman–Crippen LogP) is 1.99. The van der Waals surface area contributed by atoms with Crippen LogP contribution in [0.25, 0.3) is 0 Å². The van der Waals surface area contributed by atoms with E-state index in [1.807, 2.05) is 4.90 Å². The highest BCUT2D eigenvalue weighted by atomic mass is 32.1. The number of nitrogens with zero attached hydrogens (tertiary/aromatic N) is 3. The van der Waals surface area contributed by atoms with E-state index in [-0.39, 0.29) is 17.9 Å². The molecule has 0 spiro atoms. The Morgan fingerprint density at radius 1 is 1.19 bits per heavy atom. The summed E-state index contributed by atoms with van der Waals surface area (Å²) in [5.41, 5.74) is 0.391. The van der Waals surface area contributed by atoms with Gasteiger partial charge in [-0.3, -0.25) is 14.5 Å². The first-order chi connectivity index (χ1) is 13.0. The molecule has 0 atom stereocenters. The molecule has 150 valence electrons. The summed E-state index contributed by atoms with van der Waals surface area (Å²) in [6.45, 7) is 8.04. The van der Waals surface area contributed by atoms with E-state index in [0.717, 1.165) is 51.9 Å². The number of thiazole rings is 1. The molecule has 27 heavy (non-hydrogen) atoms.